The fraction of sp³-hybridized carbons (Fsp3) is 0.417. The molecule has 0 aliphatic carbocycles. The van der Waals surface area contributed by atoms with E-state index < -0.39 is 21.1 Å². The number of nitrogens with two attached hydrogens (primary N) is 1. The van der Waals surface area contributed by atoms with Crippen LogP contribution in [0.3, 0.4) is 0 Å². The molecule has 18 heavy (non-hydrogen) atoms. The van der Waals surface area contributed by atoms with Crippen LogP contribution in [0.4, 0.5) is 5.69 Å². The van der Waals surface area contributed by atoms with Crippen molar-refractivity contribution in [3.8, 4) is 0 Å². The zero-order valence-corrected chi connectivity index (χ0v) is 11.2. The first kappa shape index (κ1) is 14.5. The third-order valence-electron chi connectivity index (χ3n) is 2.44. The molecule has 0 spiro atoms. The fourth-order valence-electron chi connectivity index (χ4n) is 1.24. The number of sulfone groups is 1. The third-order valence-corrected chi connectivity index (χ3v) is 4.61. The van der Waals surface area contributed by atoms with Gasteiger partial charge in [0.15, 0.2) is 9.84 Å². The molecule has 1 aromatic carbocycles. The molecule has 0 unspecified atom stereocenters. The number of hydrogen-bond acceptors (Lipinski definition) is 5. The zero-order chi connectivity index (χ0) is 13.8. The summed E-state index contributed by atoms with van der Waals surface area (Å²) < 4.78 is 27.9. The molecule has 0 atom stereocenters. The second kappa shape index (κ2) is 5.86. The van der Waals surface area contributed by atoms with Gasteiger partial charge in [-0.25, -0.2) is 13.2 Å². The molecule has 100 valence electrons. The maximum atomic E-state index is 11.6. The lowest BCUT2D eigenvalue weighted by Crippen LogP contribution is -2.22. The average molecular weight is 271 g/mol. The molecule has 0 aliphatic heterocycles. The maximum absolute atomic E-state index is 11.6. The van der Waals surface area contributed by atoms with Crippen molar-refractivity contribution in [2.24, 2.45) is 0 Å². The lowest BCUT2D eigenvalue weighted by molar-refractivity contribution is 0.0529. The molecule has 0 saturated heterocycles. The van der Waals surface area contributed by atoms with Crippen molar-refractivity contribution >= 4 is 21.5 Å². The molecule has 0 radical (unpaired) electrons. The molecule has 0 saturated carbocycles. The lowest BCUT2D eigenvalue weighted by atomic mass is 10.2. The van der Waals surface area contributed by atoms with Crippen LogP contribution in [0, 0.1) is 0 Å². The molecular weight excluding hydrogens is 254 g/mol. The molecule has 0 bridgehead atoms. The summed E-state index contributed by atoms with van der Waals surface area (Å²) in [5.41, 5.74) is 6.30. The van der Waals surface area contributed by atoms with Gasteiger partial charge in [0.05, 0.1) is 16.6 Å². The minimum absolute atomic E-state index is 0.145. The van der Waals surface area contributed by atoms with E-state index in [4.69, 9.17) is 10.5 Å². The summed E-state index contributed by atoms with van der Waals surface area (Å²) >= 11 is 0. The van der Waals surface area contributed by atoms with Crippen LogP contribution in [0.2, 0.25) is 0 Å². The van der Waals surface area contributed by atoms with Gasteiger partial charge in [-0.1, -0.05) is 6.07 Å². The smallest absolute Gasteiger partial charge is 0.338 e. The van der Waals surface area contributed by atoms with Crippen LogP contribution in [-0.2, 0) is 14.6 Å². The van der Waals surface area contributed by atoms with E-state index in [1.807, 2.05) is 0 Å². The fourth-order valence-corrected chi connectivity index (χ4v) is 2.02. The first-order valence-corrected chi connectivity index (χ1v) is 7.28. The highest BCUT2D eigenvalue weighted by Gasteiger charge is 2.17. The first-order chi connectivity index (χ1) is 8.33. The molecular formula is C12H17NO4S. The van der Waals surface area contributed by atoms with Crippen molar-refractivity contribution in [3.63, 3.8) is 0 Å². The number of ether oxygens (including phenoxy) is 1. The van der Waals surface area contributed by atoms with E-state index in [1.54, 1.807) is 32.0 Å². The van der Waals surface area contributed by atoms with E-state index in [-0.39, 0.29) is 12.4 Å². The summed E-state index contributed by atoms with van der Waals surface area (Å²) in [6, 6.07) is 6.34. The second-order valence-electron chi connectivity index (χ2n) is 4.18. The monoisotopic (exact) mass is 271 g/mol. The normalized spacial score (nSPS) is 11.5. The van der Waals surface area contributed by atoms with E-state index >= 15 is 0 Å². The standard InChI is InChI=1S/C12H17NO4S/c1-9(2)18(15,16)7-6-17-12(14)10-4-3-5-11(13)8-10/h3-5,8-9H,6-7,13H2,1-2H3. The molecule has 0 amide bonds. The average Bonchev–Trinajstić information content (AvgIpc) is 2.28. The number of benzene rings is 1. The number of hydrogen-bond donors (Lipinski definition) is 1. The Bertz CT molecular complexity index is 523. The van der Waals surface area contributed by atoms with Crippen LogP contribution in [-0.4, -0.2) is 32.0 Å². The number of carbonyl (C=O) groups excluding carboxylic acids is 1. The summed E-state index contributed by atoms with van der Waals surface area (Å²) in [5, 5.41) is -0.469. The van der Waals surface area contributed by atoms with Crippen LogP contribution in [0.15, 0.2) is 24.3 Å². The van der Waals surface area contributed by atoms with E-state index in [0.717, 1.165) is 0 Å². The molecule has 6 heteroatoms. The third kappa shape index (κ3) is 4.03. The van der Waals surface area contributed by atoms with Gasteiger partial charge in [0.25, 0.3) is 0 Å². The van der Waals surface area contributed by atoms with Crippen LogP contribution in [0.1, 0.15) is 24.2 Å². The Morgan fingerprint density at radius 2 is 2.06 bits per heavy atom. The van der Waals surface area contributed by atoms with Crippen LogP contribution in [0.5, 0.6) is 0 Å². The van der Waals surface area contributed by atoms with Gasteiger partial charge in [-0.3, -0.25) is 0 Å². The number of rotatable bonds is 5. The number of carbonyl (C=O) groups is 1. The quantitative estimate of drug-likeness (QED) is 0.643. The van der Waals surface area contributed by atoms with Crippen molar-refractivity contribution < 1.29 is 17.9 Å². The van der Waals surface area contributed by atoms with Gasteiger partial charge in [0.2, 0.25) is 0 Å². The van der Waals surface area contributed by atoms with Crippen LogP contribution < -0.4 is 5.73 Å². The number of anilines is 1. The Morgan fingerprint density at radius 3 is 2.61 bits per heavy atom. The Labute approximate surface area is 107 Å². The van der Waals surface area contributed by atoms with Gasteiger partial charge in [-0.2, -0.15) is 0 Å². The predicted octanol–water partition coefficient (Wildman–Crippen LogP) is 1.25. The minimum Gasteiger partial charge on any atom is -0.461 e. The largest absolute Gasteiger partial charge is 0.461 e. The Balaban J connectivity index is 2.53. The molecule has 0 aliphatic rings. The molecule has 5 nitrogen and oxygen atoms in total. The first-order valence-electron chi connectivity index (χ1n) is 5.57. The van der Waals surface area contributed by atoms with Gasteiger partial charge >= 0.3 is 5.97 Å². The molecule has 2 N–H and O–H groups in total. The molecule has 0 aromatic heterocycles. The highest BCUT2D eigenvalue weighted by molar-refractivity contribution is 7.91. The van der Waals surface area contributed by atoms with Gasteiger partial charge in [0.1, 0.15) is 6.61 Å². The summed E-state index contributed by atoms with van der Waals surface area (Å²) in [6.07, 6.45) is 0. The van der Waals surface area contributed by atoms with E-state index in [9.17, 15) is 13.2 Å². The maximum Gasteiger partial charge on any atom is 0.338 e. The van der Waals surface area contributed by atoms with Crippen LogP contribution in [0.25, 0.3) is 0 Å². The molecule has 1 rings (SSSR count). The topological polar surface area (TPSA) is 86.5 Å². The highest BCUT2D eigenvalue weighted by Crippen LogP contribution is 2.08. The zero-order valence-electron chi connectivity index (χ0n) is 10.4. The van der Waals surface area contributed by atoms with Crippen LogP contribution >= 0.6 is 0 Å². The second-order valence-corrected chi connectivity index (χ2v) is 6.85. The lowest BCUT2D eigenvalue weighted by Gasteiger charge is -2.08. The van der Waals surface area contributed by atoms with E-state index in [1.165, 1.54) is 6.07 Å². The number of esters is 1. The molecule has 1 aromatic rings. The van der Waals surface area contributed by atoms with Gasteiger partial charge in [-0.05, 0) is 32.0 Å². The van der Waals surface area contributed by atoms with Crippen molar-refractivity contribution in [2.75, 3.05) is 18.1 Å². The minimum atomic E-state index is -3.19. The van der Waals surface area contributed by atoms with Crippen molar-refractivity contribution in [1.82, 2.24) is 0 Å². The van der Waals surface area contributed by atoms with Crippen molar-refractivity contribution in [3.05, 3.63) is 29.8 Å². The highest BCUT2D eigenvalue weighted by atomic mass is 32.2. The SMILES string of the molecule is CC(C)S(=O)(=O)CCOC(=O)c1cccc(N)c1. The predicted molar refractivity (Wildman–Crippen MR) is 70.1 cm³/mol. The Hall–Kier alpha value is -1.56. The van der Waals surface area contributed by atoms with E-state index in [0.29, 0.717) is 11.3 Å². The van der Waals surface area contributed by atoms with Gasteiger partial charge < -0.3 is 10.5 Å². The van der Waals surface area contributed by atoms with Gasteiger partial charge in [0, 0.05) is 5.69 Å². The summed E-state index contributed by atoms with van der Waals surface area (Å²) in [6.45, 7) is 3.04. The summed E-state index contributed by atoms with van der Waals surface area (Å²) in [5.74, 6) is -0.736. The van der Waals surface area contributed by atoms with Gasteiger partial charge in [-0.15, -0.1) is 0 Å². The molecule has 0 heterocycles. The van der Waals surface area contributed by atoms with Crippen molar-refractivity contribution in [1.29, 1.82) is 0 Å². The number of nitrogen functional groups attached to an aromatic ring is 1. The summed E-state index contributed by atoms with van der Waals surface area (Å²) in [4.78, 5) is 11.6. The summed E-state index contributed by atoms with van der Waals surface area (Å²) in [7, 11) is -3.19. The Morgan fingerprint density at radius 1 is 1.39 bits per heavy atom. The van der Waals surface area contributed by atoms with E-state index in [2.05, 4.69) is 0 Å². The molecule has 0 fully saturated rings. The Kier molecular flexibility index (Phi) is 4.72. The van der Waals surface area contributed by atoms with Crippen molar-refractivity contribution in [2.45, 2.75) is 19.1 Å².